The molecule has 1 aromatic rings. The Morgan fingerprint density at radius 2 is 2.20 bits per heavy atom. The maximum atomic E-state index is 12.4. The average molecular weight is 397 g/mol. The van der Waals surface area contributed by atoms with Crippen molar-refractivity contribution < 1.29 is 8.42 Å². The minimum absolute atomic E-state index is 0.258. The predicted molar refractivity (Wildman–Crippen MR) is 90.8 cm³/mol. The molecular weight excluding hydrogens is 380 g/mol. The average Bonchev–Trinajstić information content (AvgIpc) is 2.47. The predicted octanol–water partition coefficient (Wildman–Crippen LogP) is 2.03. The van der Waals surface area contributed by atoms with Gasteiger partial charge in [-0.05, 0) is 33.6 Å². The molecule has 1 aliphatic heterocycles. The Morgan fingerprint density at radius 3 is 2.85 bits per heavy atom. The van der Waals surface area contributed by atoms with Crippen LogP contribution in [0.3, 0.4) is 0 Å². The Balaban J connectivity index is 2.09. The molecule has 112 valence electrons. The fourth-order valence-electron chi connectivity index (χ4n) is 1.82. The molecule has 0 aliphatic carbocycles. The first kappa shape index (κ1) is 16.6. The summed E-state index contributed by atoms with van der Waals surface area (Å²) in [6.45, 7) is 0.796. The quantitative estimate of drug-likeness (QED) is 0.796. The Labute approximate surface area is 136 Å². The van der Waals surface area contributed by atoms with Crippen LogP contribution in [-0.2, 0) is 16.6 Å². The number of nitrogens with one attached hydrogen (secondary N) is 1. The molecule has 1 aromatic carbocycles. The lowest BCUT2D eigenvalue weighted by Gasteiger charge is -2.21. The molecule has 0 radical (unpaired) electrons. The summed E-state index contributed by atoms with van der Waals surface area (Å²) in [6.07, 6.45) is 0. The molecule has 4 nitrogen and oxygen atoms in total. The van der Waals surface area contributed by atoms with E-state index in [0.717, 1.165) is 22.8 Å². The highest BCUT2D eigenvalue weighted by atomic mass is 79.9. The zero-order valence-electron chi connectivity index (χ0n) is 10.8. The maximum absolute atomic E-state index is 12.4. The first-order chi connectivity index (χ1) is 9.53. The number of hydrogen-bond acceptors (Lipinski definition) is 5. The van der Waals surface area contributed by atoms with Crippen molar-refractivity contribution in [3.63, 3.8) is 0 Å². The Kier molecular flexibility index (Phi) is 6.25. The van der Waals surface area contributed by atoms with Crippen LogP contribution in [0.5, 0.6) is 0 Å². The van der Waals surface area contributed by atoms with Crippen molar-refractivity contribution in [2.24, 2.45) is 5.73 Å². The molecule has 1 fully saturated rings. The van der Waals surface area contributed by atoms with Crippen LogP contribution in [0.1, 0.15) is 5.56 Å². The van der Waals surface area contributed by atoms with Gasteiger partial charge in [0.05, 0.1) is 4.90 Å². The Hall–Kier alpha value is 0.270. The second-order valence-electron chi connectivity index (χ2n) is 4.39. The Bertz CT molecular complexity index is 560. The van der Waals surface area contributed by atoms with Crippen LogP contribution < -0.4 is 10.5 Å². The zero-order chi connectivity index (χ0) is 14.6. The third kappa shape index (κ3) is 4.38. The first-order valence-corrected chi connectivity index (χ1v) is 10.7. The van der Waals surface area contributed by atoms with Crippen LogP contribution in [0.25, 0.3) is 0 Å². The van der Waals surface area contributed by atoms with Gasteiger partial charge in [0.25, 0.3) is 0 Å². The lowest BCUT2D eigenvalue weighted by molar-refractivity contribution is 0.581. The van der Waals surface area contributed by atoms with Crippen molar-refractivity contribution in [3.05, 3.63) is 28.2 Å². The Morgan fingerprint density at radius 1 is 1.40 bits per heavy atom. The molecule has 0 aromatic heterocycles. The number of sulfonamides is 1. The number of rotatable bonds is 5. The van der Waals surface area contributed by atoms with Crippen molar-refractivity contribution in [1.82, 2.24) is 4.72 Å². The van der Waals surface area contributed by atoms with Gasteiger partial charge in [0.15, 0.2) is 0 Å². The zero-order valence-corrected chi connectivity index (χ0v) is 14.9. The van der Waals surface area contributed by atoms with E-state index >= 15 is 0 Å². The van der Waals surface area contributed by atoms with Gasteiger partial charge in [0.2, 0.25) is 10.0 Å². The highest BCUT2D eigenvalue weighted by Crippen LogP contribution is 2.25. The van der Waals surface area contributed by atoms with Crippen molar-refractivity contribution in [1.29, 1.82) is 0 Å². The minimum Gasteiger partial charge on any atom is -0.326 e. The fraction of sp³-hybridized carbons (Fsp3) is 0.500. The second-order valence-corrected chi connectivity index (χ2v) is 9.54. The van der Waals surface area contributed by atoms with E-state index in [1.165, 1.54) is 0 Å². The van der Waals surface area contributed by atoms with Crippen LogP contribution >= 0.6 is 39.5 Å². The van der Waals surface area contributed by atoms with Gasteiger partial charge in [0, 0.05) is 40.1 Å². The lowest BCUT2D eigenvalue weighted by Crippen LogP contribution is -2.33. The van der Waals surface area contributed by atoms with Gasteiger partial charge in [-0.1, -0.05) is 6.07 Å². The van der Waals surface area contributed by atoms with Crippen molar-refractivity contribution in [3.8, 4) is 0 Å². The molecular formula is C12H17BrN2O2S3. The smallest absolute Gasteiger partial charge is 0.241 e. The molecule has 2 rings (SSSR count). The summed E-state index contributed by atoms with van der Waals surface area (Å²) in [4.78, 5) is 0.258. The highest BCUT2D eigenvalue weighted by molar-refractivity contribution is 9.10. The maximum Gasteiger partial charge on any atom is 0.241 e. The summed E-state index contributed by atoms with van der Waals surface area (Å²) in [5.74, 6) is 3.23. The molecule has 1 unspecified atom stereocenters. The molecule has 1 aliphatic rings. The third-order valence-corrected chi connectivity index (χ3v) is 8.17. The molecule has 8 heteroatoms. The molecule has 1 heterocycles. The van der Waals surface area contributed by atoms with E-state index in [1.807, 2.05) is 29.6 Å². The van der Waals surface area contributed by atoms with Gasteiger partial charge >= 0.3 is 0 Å². The SMILES string of the molecule is NCc1ccc(Br)c(S(=O)(=O)NCC2CSCCS2)c1. The summed E-state index contributed by atoms with van der Waals surface area (Å²) in [5.41, 5.74) is 6.37. The number of benzene rings is 1. The molecule has 0 spiro atoms. The van der Waals surface area contributed by atoms with Gasteiger partial charge in [0.1, 0.15) is 0 Å². The third-order valence-electron chi connectivity index (χ3n) is 2.91. The molecule has 3 N–H and O–H groups in total. The van der Waals surface area contributed by atoms with Crippen molar-refractivity contribution >= 4 is 49.5 Å². The number of halogens is 1. The summed E-state index contributed by atoms with van der Waals surface area (Å²) >= 11 is 7.00. The molecule has 1 saturated heterocycles. The van der Waals surface area contributed by atoms with Crippen molar-refractivity contribution in [2.75, 3.05) is 23.8 Å². The first-order valence-electron chi connectivity index (χ1n) is 6.20. The monoisotopic (exact) mass is 396 g/mol. The van der Waals surface area contributed by atoms with Crippen LogP contribution in [0.15, 0.2) is 27.6 Å². The lowest BCUT2D eigenvalue weighted by atomic mass is 10.2. The summed E-state index contributed by atoms with van der Waals surface area (Å²) in [5, 5.41) is 0.347. The highest BCUT2D eigenvalue weighted by Gasteiger charge is 2.21. The summed E-state index contributed by atoms with van der Waals surface area (Å²) in [6, 6.07) is 5.16. The van der Waals surface area contributed by atoms with E-state index in [2.05, 4.69) is 20.7 Å². The fourth-order valence-corrected chi connectivity index (χ4v) is 6.63. The molecule has 0 bridgehead atoms. The largest absolute Gasteiger partial charge is 0.326 e. The van der Waals surface area contributed by atoms with Gasteiger partial charge in [-0.2, -0.15) is 23.5 Å². The standard InChI is InChI=1S/C12H17BrN2O2S3/c13-11-2-1-9(6-14)5-12(11)20(16,17)15-7-10-8-18-3-4-19-10/h1-2,5,10,15H,3-4,6-8,14H2. The second kappa shape index (κ2) is 7.51. The van der Waals surface area contributed by atoms with Crippen molar-refractivity contribution in [2.45, 2.75) is 16.7 Å². The van der Waals surface area contributed by atoms with E-state index in [-0.39, 0.29) is 4.90 Å². The van der Waals surface area contributed by atoms with Crippen LogP contribution in [-0.4, -0.2) is 37.5 Å². The number of hydrogen-bond donors (Lipinski definition) is 2. The number of nitrogens with two attached hydrogens (primary N) is 1. The summed E-state index contributed by atoms with van der Waals surface area (Å²) in [7, 11) is -3.50. The molecule has 0 saturated carbocycles. The van der Waals surface area contributed by atoms with E-state index in [1.54, 1.807) is 12.1 Å². The summed E-state index contributed by atoms with van der Waals surface area (Å²) < 4.78 is 28.0. The van der Waals surface area contributed by atoms with E-state index < -0.39 is 10.0 Å². The van der Waals surface area contributed by atoms with E-state index in [4.69, 9.17) is 5.73 Å². The molecule has 1 atom stereocenters. The van der Waals surface area contributed by atoms with Gasteiger partial charge in [-0.25, -0.2) is 13.1 Å². The topological polar surface area (TPSA) is 72.2 Å². The van der Waals surface area contributed by atoms with Gasteiger partial charge in [-0.15, -0.1) is 0 Å². The number of thioether (sulfide) groups is 2. The molecule has 0 amide bonds. The van der Waals surface area contributed by atoms with E-state index in [0.29, 0.717) is 22.8 Å². The van der Waals surface area contributed by atoms with E-state index in [9.17, 15) is 8.42 Å². The van der Waals surface area contributed by atoms with Crippen LogP contribution in [0, 0.1) is 0 Å². The van der Waals surface area contributed by atoms with Gasteiger partial charge < -0.3 is 5.73 Å². The normalized spacial score (nSPS) is 20.0. The molecule has 20 heavy (non-hydrogen) atoms. The van der Waals surface area contributed by atoms with Crippen LogP contribution in [0.4, 0.5) is 0 Å². The minimum atomic E-state index is -3.50. The van der Waals surface area contributed by atoms with Gasteiger partial charge in [-0.3, -0.25) is 0 Å². The van der Waals surface area contributed by atoms with Crippen LogP contribution in [0.2, 0.25) is 0 Å².